The molecule has 0 saturated carbocycles. The first-order valence-corrected chi connectivity index (χ1v) is 8.57. The van der Waals surface area contributed by atoms with Gasteiger partial charge in [0.05, 0.1) is 11.3 Å². The zero-order chi connectivity index (χ0) is 18.1. The third kappa shape index (κ3) is 6.50. The molecule has 0 heterocycles. The summed E-state index contributed by atoms with van der Waals surface area (Å²) in [4.78, 5) is 24.8. The molecule has 0 aliphatic heterocycles. The van der Waals surface area contributed by atoms with E-state index >= 15 is 0 Å². The highest BCUT2D eigenvalue weighted by molar-refractivity contribution is 6.09. The van der Waals surface area contributed by atoms with Crippen LogP contribution in [0, 0.1) is 6.92 Å². The molecule has 0 unspecified atom stereocenters. The van der Waals surface area contributed by atoms with Gasteiger partial charge in [-0.15, -0.1) is 12.4 Å². The Bertz CT molecular complexity index is 735. The topological polar surface area (TPSA) is 70.2 Å². The molecule has 6 heteroatoms. The van der Waals surface area contributed by atoms with Gasteiger partial charge in [0.2, 0.25) is 0 Å². The lowest BCUT2D eigenvalue weighted by molar-refractivity contribution is 0.0955. The number of benzene rings is 2. The lowest BCUT2D eigenvalue weighted by atomic mass is 10.1. The van der Waals surface area contributed by atoms with Gasteiger partial charge >= 0.3 is 0 Å². The van der Waals surface area contributed by atoms with Gasteiger partial charge in [-0.1, -0.05) is 36.8 Å². The van der Waals surface area contributed by atoms with Gasteiger partial charge in [-0.25, -0.2) is 0 Å². The summed E-state index contributed by atoms with van der Waals surface area (Å²) in [6.45, 7) is 6.22. The molecule has 0 aliphatic rings. The zero-order valence-electron chi connectivity index (χ0n) is 15.2. The average molecular weight is 376 g/mol. The van der Waals surface area contributed by atoms with Crippen molar-refractivity contribution in [2.45, 2.75) is 20.3 Å². The fraction of sp³-hybridized carbons (Fsp3) is 0.300. The fourth-order valence-electron chi connectivity index (χ4n) is 2.43. The second-order valence-corrected chi connectivity index (χ2v) is 5.88. The average Bonchev–Trinajstić information content (AvgIpc) is 2.62. The van der Waals surface area contributed by atoms with Crippen LogP contribution < -0.4 is 16.0 Å². The maximum atomic E-state index is 12.4. The number of hydrogen-bond donors (Lipinski definition) is 3. The molecule has 0 aliphatic carbocycles. The number of amides is 2. The number of hydrogen-bond acceptors (Lipinski definition) is 3. The smallest absolute Gasteiger partial charge is 0.255 e. The highest BCUT2D eigenvalue weighted by atomic mass is 35.5. The molecule has 0 bridgehead atoms. The largest absolute Gasteiger partial charge is 0.351 e. The standard InChI is InChI=1S/C20H25N3O2.ClH/c1-3-11-21-12-13-22-20(25)17-9-4-5-10-18(17)23-19(24)16-8-6-7-15(2)14-16;/h4-10,14,21H,3,11-13H2,1-2H3,(H,22,25)(H,23,24);1H. The predicted molar refractivity (Wildman–Crippen MR) is 108 cm³/mol. The number of anilines is 1. The summed E-state index contributed by atoms with van der Waals surface area (Å²) in [5, 5.41) is 8.93. The molecule has 3 N–H and O–H groups in total. The van der Waals surface area contributed by atoms with E-state index in [1.807, 2.05) is 25.1 Å². The first-order chi connectivity index (χ1) is 12.1. The Balaban J connectivity index is 0.00000338. The normalized spacial score (nSPS) is 9.92. The van der Waals surface area contributed by atoms with E-state index in [2.05, 4.69) is 22.9 Å². The van der Waals surface area contributed by atoms with Crippen LogP contribution in [0.25, 0.3) is 0 Å². The highest BCUT2D eigenvalue weighted by Gasteiger charge is 2.13. The summed E-state index contributed by atoms with van der Waals surface area (Å²) in [5.41, 5.74) is 2.55. The van der Waals surface area contributed by atoms with Crippen LogP contribution in [0.4, 0.5) is 5.69 Å². The van der Waals surface area contributed by atoms with Gasteiger partial charge in [0.15, 0.2) is 0 Å². The lowest BCUT2D eigenvalue weighted by Gasteiger charge is -2.12. The molecular weight excluding hydrogens is 350 g/mol. The van der Waals surface area contributed by atoms with Crippen molar-refractivity contribution in [1.29, 1.82) is 0 Å². The summed E-state index contributed by atoms with van der Waals surface area (Å²) < 4.78 is 0. The van der Waals surface area contributed by atoms with Gasteiger partial charge in [-0.2, -0.15) is 0 Å². The molecule has 2 aromatic rings. The Kier molecular flexibility index (Phi) is 9.41. The van der Waals surface area contributed by atoms with Crippen LogP contribution >= 0.6 is 12.4 Å². The number of aryl methyl sites for hydroxylation is 1. The van der Waals surface area contributed by atoms with E-state index in [0.29, 0.717) is 23.4 Å². The van der Waals surface area contributed by atoms with E-state index in [1.165, 1.54) is 0 Å². The minimum atomic E-state index is -0.228. The van der Waals surface area contributed by atoms with E-state index in [-0.39, 0.29) is 24.2 Å². The quantitative estimate of drug-likeness (QED) is 0.619. The van der Waals surface area contributed by atoms with Crippen LogP contribution in [0.3, 0.4) is 0 Å². The maximum Gasteiger partial charge on any atom is 0.255 e. The van der Waals surface area contributed by atoms with Crippen molar-refractivity contribution in [3.05, 3.63) is 65.2 Å². The number of rotatable bonds is 8. The fourth-order valence-corrected chi connectivity index (χ4v) is 2.43. The minimum absolute atomic E-state index is 0. The van der Waals surface area contributed by atoms with Crippen molar-refractivity contribution in [2.75, 3.05) is 25.0 Å². The molecule has 0 radical (unpaired) electrons. The number of nitrogens with one attached hydrogen (secondary N) is 3. The lowest BCUT2D eigenvalue weighted by Crippen LogP contribution is -2.32. The van der Waals surface area contributed by atoms with Crippen molar-refractivity contribution < 1.29 is 9.59 Å². The number of carbonyl (C=O) groups is 2. The number of halogens is 1. The SMILES string of the molecule is CCCNCCNC(=O)c1ccccc1NC(=O)c1cccc(C)c1.Cl. The molecular formula is C20H26ClN3O2. The molecule has 0 aromatic heterocycles. The van der Waals surface area contributed by atoms with Gasteiger partial charge in [0.1, 0.15) is 0 Å². The van der Waals surface area contributed by atoms with Gasteiger partial charge in [-0.3, -0.25) is 9.59 Å². The molecule has 0 saturated heterocycles. The molecule has 2 aromatic carbocycles. The van der Waals surface area contributed by atoms with Crippen molar-refractivity contribution in [3.63, 3.8) is 0 Å². The Hall–Kier alpha value is -2.37. The first-order valence-electron chi connectivity index (χ1n) is 8.57. The molecule has 0 spiro atoms. The van der Waals surface area contributed by atoms with Crippen molar-refractivity contribution in [2.24, 2.45) is 0 Å². The summed E-state index contributed by atoms with van der Waals surface area (Å²) >= 11 is 0. The Morgan fingerprint density at radius 3 is 2.42 bits per heavy atom. The molecule has 0 atom stereocenters. The van der Waals surface area contributed by atoms with Crippen LogP contribution in [0.5, 0.6) is 0 Å². The minimum Gasteiger partial charge on any atom is -0.351 e. The van der Waals surface area contributed by atoms with Gasteiger partial charge in [-0.05, 0) is 44.2 Å². The van der Waals surface area contributed by atoms with Crippen LogP contribution in [-0.4, -0.2) is 31.4 Å². The summed E-state index contributed by atoms with van der Waals surface area (Å²) in [5.74, 6) is -0.424. The van der Waals surface area contributed by atoms with Gasteiger partial charge < -0.3 is 16.0 Å². The molecule has 0 fully saturated rings. The van der Waals surface area contributed by atoms with E-state index in [9.17, 15) is 9.59 Å². The summed E-state index contributed by atoms with van der Waals surface area (Å²) in [6, 6.07) is 14.4. The third-order valence-corrected chi connectivity index (χ3v) is 3.71. The molecule has 5 nitrogen and oxygen atoms in total. The second-order valence-electron chi connectivity index (χ2n) is 5.88. The molecule has 26 heavy (non-hydrogen) atoms. The number of para-hydroxylation sites is 1. The Labute approximate surface area is 161 Å². The highest BCUT2D eigenvalue weighted by Crippen LogP contribution is 2.16. The van der Waals surface area contributed by atoms with Crippen molar-refractivity contribution in [3.8, 4) is 0 Å². The Morgan fingerprint density at radius 2 is 1.69 bits per heavy atom. The predicted octanol–water partition coefficient (Wildman–Crippen LogP) is 3.40. The molecule has 2 amide bonds. The van der Waals surface area contributed by atoms with E-state index in [4.69, 9.17) is 0 Å². The second kappa shape index (κ2) is 11.3. The third-order valence-electron chi connectivity index (χ3n) is 3.71. The van der Waals surface area contributed by atoms with E-state index in [1.54, 1.807) is 30.3 Å². The maximum absolute atomic E-state index is 12.4. The summed E-state index contributed by atoms with van der Waals surface area (Å²) in [7, 11) is 0. The monoisotopic (exact) mass is 375 g/mol. The van der Waals surface area contributed by atoms with E-state index < -0.39 is 0 Å². The van der Waals surface area contributed by atoms with Crippen molar-refractivity contribution >= 4 is 29.9 Å². The molecule has 140 valence electrons. The van der Waals surface area contributed by atoms with Gasteiger partial charge in [0, 0.05) is 18.7 Å². The van der Waals surface area contributed by atoms with Crippen LogP contribution in [-0.2, 0) is 0 Å². The van der Waals surface area contributed by atoms with Crippen LogP contribution in [0.15, 0.2) is 48.5 Å². The van der Waals surface area contributed by atoms with Gasteiger partial charge in [0.25, 0.3) is 11.8 Å². The number of carbonyl (C=O) groups excluding carboxylic acids is 2. The van der Waals surface area contributed by atoms with E-state index in [0.717, 1.165) is 25.1 Å². The van der Waals surface area contributed by atoms with Crippen LogP contribution in [0.2, 0.25) is 0 Å². The summed E-state index contributed by atoms with van der Waals surface area (Å²) in [6.07, 6.45) is 1.06. The first kappa shape index (κ1) is 21.7. The zero-order valence-corrected chi connectivity index (χ0v) is 16.0. The molecule has 2 rings (SSSR count). The van der Waals surface area contributed by atoms with Crippen molar-refractivity contribution in [1.82, 2.24) is 10.6 Å². The Morgan fingerprint density at radius 1 is 0.923 bits per heavy atom. The van der Waals surface area contributed by atoms with Crippen LogP contribution in [0.1, 0.15) is 39.6 Å².